The molecule has 1 aromatic carbocycles. The summed E-state index contributed by atoms with van der Waals surface area (Å²) in [6.45, 7) is 3.87. The second-order valence-corrected chi connectivity index (χ2v) is 5.98. The first-order valence-electron chi connectivity index (χ1n) is 8.49. The van der Waals surface area contributed by atoms with Gasteiger partial charge in [0.25, 0.3) is 0 Å². The zero-order valence-electron chi connectivity index (χ0n) is 15.0. The van der Waals surface area contributed by atoms with Crippen LogP contribution in [0.4, 0.5) is 11.4 Å². The molecule has 2 heterocycles. The van der Waals surface area contributed by atoms with E-state index in [1.807, 2.05) is 19.1 Å². The molecule has 7 heteroatoms. The molecule has 0 saturated heterocycles. The quantitative estimate of drug-likeness (QED) is 0.645. The molecule has 0 radical (unpaired) electrons. The maximum absolute atomic E-state index is 12.4. The van der Waals surface area contributed by atoms with Crippen molar-refractivity contribution in [2.45, 2.75) is 20.3 Å². The Bertz CT molecular complexity index is 1000. The number of aliphatic carboxylic acids is 1. The van der Waals surface area contributed by atoms with Crippen LogP contribution in [-0.4, -0.2) is 33.6 Å². The Morgan fingerprint density at radius 2 is 1.89 bits per heavy atom. The predicted molar refractivity (Wildman–Crippen MR) is 101 cm³/mol. The van der Waals surface area contributed by atoms with Crippen LogP contribution in [0.3, 0.4) is 0 Å². The molecule has 3 aromatic rings. The molecule has 0 fully saturated rings. The molecule has 138 valence electrons. The summed E-state index contributed by atoms with van der Waals surface area (Å²) in [6.07, 6.45) is 1.41. The highest BCUT2D eigenvalue weighted by Gasteiger charge is 2.17. The summed E-state index contributed by atoms with van der Waals surface area (Å²) >= 11 is 0. The van der Waals surface area contributed by atoms with Crippen molar-refractivity contribution in [2.24, 2.45) is 0 Å². The Kier molecular flexibility index (Phi) is 5.30. The third-order valence-electron chi connectivity index (χ3n) is 3.94. The summed E-state index contributed by atoms with van der Waals surface area (Å²) in [5.74, 6) is -1.36. The molecule has 0 amide bonds. The first-order valence-corrected chi connectivity index (χ1v) is 8.49. The number of ether oxygens (including phenoxy) is 1. The number of anilines is 2. The standard InChI is InChI=1S/C20H19N3O4/c1-3-27-20(26)16-11-21-19-15(9-4-12(2)22-19)18(16)23-14-7-5-13(6-8-14)10-17(24)25/h4-9,11H,3,10H2,1-2H3,(H,24,25)(H,21,22,23). The molecule has 2 aromatic heterocycles. The first-order chi connectivity index (χ1) is 13.0. The molecule has 7 nitrogen and oxygen atoms in total. The zero-order chi connectivity index (χ0) is 19.4. The number of benzene rings is 1. The molecule has 0 spiro atoms. The van der Waals surface area contributed by atoms with Crippen LogP contribution in [0.15, 0.2) is 42.6 Å². The third-order valence-corrected chi connectivity index (χ3v) is 3.94. The smallest absolute Gasteiger partial charge is 0.341 e. The number of aryl methyl sites for hydroxylation is 1. The predicted octanol–water partition coefficient (Wildman–Crippen LogP) is 3.49. The van der Waals surface area contributed by atoms with Gasteiger partial charge in [-0.1, -0.05) is 12.1 Å². The monoisotopic (exact) mass is 365 g/mol. The van der Waals surface area contributed by atoms with Crippen LogP contribution in [0.5, 0.6) is 0 Å². The van der Waals surface area contributed by atoms with Gasteiger partial charge in [-0.15, -0.1) is 0 Å². The second-order valence-electron chi connectivity index (χ2n) is 5.98. The molecular formula is C20H19N3O4. The van der Waals surface area contributed by atoms with E-state index in [9.17, 15) is 9.59 Å². The van der Waals surface area contributed by atoms with Crippen molar-refractivity contribution in [1.29, 1.82) is 0 Å². The van der Waals surface area contributed by atoms with Gasteiger partial charge in [0.15, 0.2) is 5.65 Å². The largest absolute Gasteiger partial charge is 0.481 e. The van der Waals surface area contributed by atoms with Gasteiger partial charge in [0.1, 0.15) is 5.56 Å². The normalized spacial score (nSPS) is 10.6. The number of aromatic nitrogens is 2. The highest BCUT2D eigenvalue weighted by Crippen LogP contribution is 2.29. The number of esters is 1. The van der Waals surface area contributed by atoms with Crippen LogP contribution in [0.2, 0.25) is 0 Å². The number of rotatable bonds is 6. The summed E-state index contributed by atoms with van der Waals surface area (Å²) in [5, 5.41) is 12.8. The minimum Gasteiger partial charge on any atom is -0.481 e. The lowest BCUT2D eigenvalue weighted by molar-refractivity contribution is -0.136. The Morgan fingerprint density at radius 1 is 1.15 bits per heavy atom. The average molecular weight is 365 g/mol. The van der Waals surface area contributed by atoms with Gasteiger partial charge in [-0.05, 0) is 43.7 Å². The number of fused-ring (bicyclic) bond motifs is 1. The summed E-state index contributed by atoms with van der Waals surface area (Å²) in [5.41, 5.74) is 3.61. The third kappa shape index (κ3) is 4.20. The van der Waals surface area contributed by atoms with Gasteiger partial charge >= 0.3 is 11.9 Å². The number of hydrogen-bond donors (Lipinski definition) is 2. The van der Waals surface area contributed by atoms with E-state index in [2.05, 4.69) is 15.3 Å². The van der Waals surface area contributed by atoms with Gasteiger partial charge in [-0.3, -0.25) is 4.79 Å². The number of pyridine rings is 2. The van der Waals surface area contributed by atoms with E-state index < -0.39 is 11.9 Å². The number of nitrogens with one attached hydrogen (secondary N) is 1. The molecule has 0 atom stereocenters. The number of nitrogens with zero attached hydrogens (tertiary/aromatic N) is 2. The molecule has 2 N–H and O–H groups in total. The summed E-state index contributed by atoms with van der Waals surface area (Å²) < 4.78 is 5.14. The van der Waals surface area contributed by atoms with E-state index in [4.69, 9.17) is 9.84 Å². The molecule has 0 bridgehead atoms. The van der Waals surface area contributed by atoms with Gasteiger partial charge in [-0.25, -0.2) is 14.8 Å². The minimum absolute atomic E-state index is 0.0459. The van der Waals surface area contributed by atoms with E-state index in [0.717, 1.165) is 5.69 Å². The minimum atomic E-state index is -0.887. The SMILES string of the molecule is CCOC(=O)c1cnc2nc(C)ccc2c1Nc1ccc(CC(=O)O)cc1. The van der Waals surface area contributed by atoms with Gasteiger partial charge in [0.2, 0.25) is 0 Å². The number of carbonyl (C=O) groups is 2. The van der Waals surface area contributed by atoms with E-state index in [-0.39, 0.29) is 13.0 Å². The van der Waals surface area contributed by atoms with Crippen LogP contribution >= 0.6 is 0 Å². The van der Waals surface area contributed by atoms with E-state index in [1.165, 1.54) is 6.20 Å². The van der Waals surface area contributed by atoms with Crippen LogP contribution < -0.4 is 5.32 Å². The molecule has 0 aliphatic heterocycles. The maximum atomic E-state index is 12.4. The number of carboxylic acid groups (broad SMARTS) is 1. The van der Waals surface area contributed by atoms with E-state index >= 15 is 0 Å². The Labute approximate surface area is 156 Å². The molecule has 27 heavy (non-hydrogen) atoms. The van der Waals surface area contributed by atoms with E-state index in [1.54, 1.807) is 31.2 Å². The van der Waals surface area contributed by atoms with Gasteiger partial charge in [0, 0.05) is 23.0 Å². The molecule has 0 aliphatic rings. The van der Waals surface area contributed by atoms with Crippen LogP contribution in [0.1, 0.15) is 28.5 Å². The lowest BCUT2D eigenvalue weighted by Crippen LogP contribution is -2.09. The van der Waals surface area contributed by atoms with Crippen molar-refractivity contribution >= 4 is 34.3 Å². The lowest BCUT2D eigenvalue weighted by atomic mass is 10.1. The summed E-state index contributed by atoms with van der Waals surface area (Å²) in [6, 6.07) is 10.7. The maximum Gasteiger partial charge on any atom is 0.341 e. The van der Waals surface area contributed by atoms with Crippen molar-refractivity contribution in [1.82, 2.24) is 9.97 Å². The highest BCUT2D eigenvalue weighted by atomic mass is 16.5. The Morgan fingerprint density at radius 3 is 2.56 bits per heavy atom. The van der Waals surface area contributed by atoms with Crippen molar-refractivity contribution in [3.8, 4) is 0 Å². The van der Waals surface area contributed by atoms with Crippen LogP contribution in [0.25, 0.3) is 11.0 Å². The van der Waals surface area contributed by atoms with Crippen molar-refractivity contribution in [2.75, 3.05) is 11.9 Å². The van der Waals surface area contributed by atoms with Gasteiger partial charge in [0.05, 0.1) is 18.7 Å². The lowest BCUT2D eigenvalue weighted by Gasteiger charge is -2.14. The number of carboxylic acids is 1. The summed E-state index contributed by atoms with van der Waals surface area (Å²) in [4.78, 5) is 31.9. The molecule has 0 aliphatic carbocycles. The molecule has 0 unspecified atom stereocenters. The number of hydrogen-bond acceptors (Lipinski definition) is 6. The molecule has 3 rings (SSSR count). The highest BCUT2D eigenvalue weighted by molar-refractivity contribution is 6.05. The molecular weight excluding hydrogens is 346 g/mol. The van der Waals surface area contributed by atoms with E-state index in [0.29, 0.717) is 33.5 Å². The van der Waals surface area contributed by atoms with Crippen molar-refractivity contribution in [3.05, 3.63) is 59.4 Å². The van der Waals surface area contributed by atoms with Crippen molar-refractivity contribution < 1.29 is 19.4 Å². The van der Waals surface area contributed by atoms with Gasteiger partial charge in [-0.2, -0.15) is 0 Å². The molecule has 0 saturated carbocycles. The number of carbonyl (C=O) groups excluding carboxylic acids is 1. The van der Waals surface area contributed by atoms with Crippen LogP contribution in [0, 0.1) is 6.92 Å². The van der Waals surface area contributed by atoms with Gasteiger partial charge < -0.3 is 15.2 Å². The zero-order valence-corrected chi connectivity index (χ0v) is 15.0. The fourth-order valence-corrected chi connectivity index (χ4v) is 2.70. The van der Waals surface area contributed by atoms with Crippen molar-refractivity contribution in [3.63, 3.8) is 0 Å². The fraction of sp³-hybridized carbons (Fsp3) is 0.200. The second kappa shape index (κ2) is 7.82. The fourth-order valence-electron chi connectivity index (χ4n) is 2.70. The first kappa shape index (κ1) is 18.3. The Hall–Kier alpha value is -3.48. The Balaban J connectivity index is 2.03. The van der Waals surface area contributed by atoms with Crippen LogP contribution in [-0.2, 0) is 16.0 Å². The topological polar surface area (TPSA) is 101 Å². The summed E-state index contributed by atoms with van der Waals surface area (Å²) in [7, 11) is 0. The average Bonchev–Trinajstić information content (AvgIpc) is 2.63.